The summed E-state index contributed by atoms with van der Waals surface area (Å²) in [6.45, 7) is 4.37. The Morgan fingerprint density at radius 3 is 2.40 bits per heavy atom. The van der Waals surface area contributed by atoms with Crippen molar-refractivity contribution in [2.75, 3.05) is 0 Å². The van der Waals surface area contributed by atoms with Crippen LogP contribution in [-0.2, 0) is 0 Å². The molecular formula is C11H16Br2ClN. The molecule has 0 heterocycles. The molecule has 15 heavy (non-hydrogen) atoms. The third kappa shape index (κ3) is 4.85. The Hall–Kier alpha value is 0.430. The van der Waals surface area contributed by atoms with E-state index in [1.807, 2.05) is 12.1 Å². The minimum absolute atomic E-state index is 0. The van der Waals surface area contributed by atoms with Crippen molar-refractivity contribution >= 4 is 44.3 Å². The largest absolute Gasteiger partial charge is 0.324 e. The summed E-state index contributed by atoms with van der Waals surface area (Å²) in [5, 5.41) is 0. The van der Waals surface area contributed by atoms with E-state index in [0.29, 0.717) is 5.92 Å². The molecule has 0 aliphatic carbocycles. The van der Waals surface area contributed by atoms with E-state index in [1.165, 1.54) is 5.56 Å². The van der Waals surface area contributed by atoms with Crippen molar-refractivity contribution in [3.63, 3.8) is 0 Å². The molecule has 1 nitrogen and oxygen atoms in total. The van der Waals surface area contributed by atoms with Crippen LogP contribution in [0.2, 0.25) is 0 Å². The van der Waals surface area contributed by atoms with Gasteiger partial charge in [0.1, 0.15) is 0 Å². The molecule has 1 aromatic rings. The predicted octanol–water partition coefficient (Wildman–Crippen LogP) is 4.68. The topological polar surface area (TPSA) is 26.0 Å². The number of hydrogen-bond acceptors (Lipinski definition) is 1. The molecule has 0 amide bonds. The van der Waals surface area contributed by atoms with E-state index in [9.17, 15) is 0 Å². The van der Waals surface area contributed by atoms with E-state index in [-0.39, 0.29) is 18.4 Å². The Balaban J connectivity index is 0.00000196. The molecule has 2 N–H and O–H groups in total. The van der Waals surface area contributed by atoms with E-state index in [4.69, 9.17) is 5.73 Å². The van der Waals surface area contributed by atoms with Crippen molar-refractivity contribution in [1.82, 2.24) is 0 Å². The van der Waals surface area contributed by atoms with Gasteiger partial charge in [-0.05, 0) is 36.1 Å². The van der Waals surface area contributed by atoms with Gasteiger partial charge in [-0.15, -0.1) is 12.4 Å². The molecule has 0 radical (unpaired) electrons. The zero-order valence-corrected chi connectivity index (χ0v) is 12.8. The van der Waals surface area contributed by atoms with Crippen LogP contribution in [0, 0.1) is 5.92 Å². The van der Waals surface area contributed by atoms with Crippen molar-refractivity contribution in [2.24, 2.45) is 11.7 Å². The van der Waals surface area contributed by atoms with Gasteiger partial charge in [0.25, 0.3) is 0 Å². The lowest BCUT2D eigenvalue weighted by molar-refractivity contribution is 0.509. The molecule has 0 aliphatic heterocycles. The second kappa shape index (κ2) is 6.89. The van der Waals surface area contributed by atoms with Gasteiger partial charge < -0.3 is 5.73 Å². The number of rotatable bonds is 3. The summed E-state index contributed by atoms with van der Waals surface area (Å²) in [6.07, 6.45) is 1.01. The van der Waals surface area contributed by atoms with E-state index in [2.05, 4.69) is 51.8 Å². The molecule has 0 aromatic heterocycles. The highest BCUT2D eigenvalue weighted by Gasteiger charge is 2.11. The number of halogens is 3. The van der Waals surface area contributed by atoms with E-state index in [1.54, 1.807) is 0 Å². The van der Waals surface area contributed by atoms with Gasteiger partial charge in [0.05, 0.1) is 0 Å². The maximum Gasteiger partial charge on any atom is 0.0308 e. The number of benzene rings is 1. The normalized spacial score (nSPS) is 12.4. The zero-order valence-electron chi connectivity index (χ0n) is 8.84. The van der Waals surface area contributed by atoms with Crippen molar-refractivity contribution < 1.29 is 0 Å². The molecule has 4 heteroatoms. The number of nitrogens with two attached hydrogens (primary N) is 1. The van der Waals surface area contributed by atoms with Gasteiger partial charge in [0.2, 0.25) is 0 Å². The van der Waals surface area contributed by atoms with Crippen LogP contribution in [0.3, 0.4) is 0 Å². The lowest BCUT2D eigenvalue weighted by Gasteiger charge is -2.16. The summed E-state index contributed by atoms with van der Waals surface area (Å²) >= 11 is 6.97. The van der Waals surface area contributed by atoms with Crippen molar-refractivity contribution in [2.45, 2.75) is 26.3 Å². The molecule has 0 saturated heterocycles. The third-order valence-electron chi connectivity index (χ3n) is 2.08. The van der Waals surface area contributed by atoms with Crippen LogP contribution in [0.25, 0.3) is 0 Å². The monoisotopic (exact) mass is 355 g/mol. The molecule has 1 atom stereocenters. The Labute approximate surface area is 114 Å². The van der Waals surface area contributed by atoms with Crippen molar-refractivity contribution in [3.8, 4) is 0 Å². The first kappa shape index (κ1) is 15.4. The predicted molar refractivity (Wildman–Crippen MR) is 75.5 cm³/mol. The number of hydrogen-bond donors (Lipinski definition) is 1. The molecular weight excluding hydrogens is 341 g/mol. The quantitative estimate of drug-likeness (QED) is 0.835. The molecule has 0 bridgehead atoms. The summed E-state index contributed by atoms with van der Waals surface area (Å²) in [6, 6.07) is 6.23. The summed E-state index contributed by atoms with van der Waals surface area (Å²) in [5.41, 5.74) is 7.29. The summed E-state index contributed by atoms with van der Waals surface area (Å²) in [7, 11) is 0. The standard InChI is InChI=1S/C11H15Br2N.ClH/c1-7(2)5-11(14)9-6-8(12)3-4-10(9)13;/h3-4,6-7,11H,5,14H2,1-2H3;1H/t11-;/m1./s1. The van der Waals surface area contributed by atoms with E-state index >= 15 is 0 Å². The van der Waals surface area contributed by atoms with Crippen LogP contribution in [0.15, 0.2) is 27.1 Å². The van der Waals surface area contributed by atoms with Crippen molar-refractivity contribution in [1.29, 1.82) is 0 Å². The lowest BCUT2D eigenvalue weighted by Crippen LogP contribution is -2.13. The minimum atomic E-state index is 0. The highest BCUT2D eigenvalue weighted by atomic mass is 79.9. The molecule has 0 saturated carbocycles. The summed E-state index contributed by atoms with van der Waals surface area (Å²) in [5.74, 6) is 0.621. The average molecular weight is 358 g/mol. The minimum Gasteiger partial charge on any atom is -0.324 e. The molecule has 86 valence electrons. The SMILES string of the molecule is CC(C)C[C@@H](N)c1cc(Br)ccc1Br.Cl. The molecule has 0 spiro atoms. The second-order valence-corrected chi connectivity index (χ2v) is 5.67. The Morgan fingerprint density at radius 1 is 1.27 bits per heavy atom. The van der Waals surface area contributed by atoms with Gasteiger partial charge in [0, 0.05) is 15.0 Å². The van der Waals surface area contributed by atoms with Gasteiger partial charge in [0.15, 0.2) is 0 Å². The van der Waals surface area contributed by atoms with Gasteiger partial charge in [-0.3, -0.25) is 0 Å². The Morgan fingerprint density at radius 2 is 1.87 bits per heavy atom. The van der Waals surface area contributed by atoms with Crippen molar-refractivity contribution in [3.05, 3.63) is 32.7 Å². The summed E-state index contributed by atoms with van der Waals surface area (Å²) < 4.78 is 2.17. The first-order chi connectivity index (χ1) is 6.50. The fourth-order valence-corrected chi connectivity index (χ4v) is 2.35. The molecule has 1 aromatic carbocycles. The molecule has 0 aliphatic rings. The maximum atomic E-state index is 6.11. The lowest BCUT2D eigenvalue weighted by atomic mass is 9.98. The maximum absolute atomic E-state index is 6.11. The molecule has 0 fully saturated rings. The smallest absolute Gasteiger partial charge is 0.0308 e. The summed E-state index contributed by atoms with van der Waals surface area (Å²) in [4.78, 5) is 0. The first-order valence-corrected chi connectivity index (χ1v) is 6.30. The molecule has 0 unspecified atom stereocenters. The van der Waals surface area contributed by atoms with Gasteiger partial charge >= 0.3 is 0 Å². The van der Waals surface area contributed by atoms with Gasteiger partial charge in [-0.25, -0.2) is 0 Å². The van der Waals surface area contributed by atoms with Crippen LogP contribution < -0.4 is 5.73 Å². The van der Waals surface area contributed by atoms with Crippen LogP contribution in [0.1, 0.15) is 31.9 Å². The van der Waals surface area contributed by atoms with E-state index in [0.717, 1.165) is 15.4 Å². The first-order valence-electron chi connectivity index (χ1n) is 4.71. The van der Waals surface area contributed by atoms with Crippen LogP contribution >= 0.6 is 44.3 Å². The van der Waals surface area contributed by atoms with Gasteiger partial charge in [-0.2, -0.15) is 0 Å². The third-order valence-corrected chi connectivity index (χ3v) is 3.30. The fraction of sp³-hybridized carbons (Fsp3) is 0.455. The average Bonchev–Trinajstić information content (AvgIpc) is 2.08. The molecule has 1 rings (SSSR count). The second-order valence-electron chi connectivity index (χ2n) is 3.90. The highest BCUT2D eigenvalue weighted by molar-refractivity contribution is 9.11. The fourth-order valence-electron chi connectivity index (χ4n) is 1.43. The Kier molecular flexibility index (Phi) is 7.09. The highest BCUT2D eigenvalue weighted by Crippen LogP contribution is 2.28. The van der Waals surface area contributed by atoms with Crippen LogP contribution in [-0.4, -0.2) is 0 Å². The van der Waals surface area contributed by atoms with Crippen LogP contribution in [0.5, 0.6) is 0 Å². The van der Waals surface area contributed by atoms with E-state index < -0.39 is 0 Å². The van der Waals surface area contributed by atoms with Crippen LogP contribution in [0.4, 0.5) is 0 Å². The Bertz CT molecular complexity index is 315. The van der Waals surface area contributed by atoms with Gasteiger partial charge in [-0.1, -0.05) is 45.7 Å². The zero-order chi connectivity index (χ0) is 10.7.